The molecule has 1 aliphatic carbocycles. The van der Waals surface area contributed by atoms with E-state index in [4.69, 9.17) is 9.84 Å². The van der Waals surface area contributed by atoms with E-state index in [1.54, 1.807) is 31.7 Å². The predicted octanol–water partition coefficient (Wildman–Crippen LogP) is 4.53. The summed E-state index contributed by atoms with van der Waals surface area (Å²) < 4.78 is 7.12. The fraction of sp³-hybridized carbons (Fsp3) is 0.321. The van der Waals surface area contributed by atoms with E-state index in [1.807, 2.05) is 55.5 Å². The van der Waals surface area contributed by atoms with Gasteiger partial charge in [-0.25, -0.2) is 9.50 Å². The van der Waals surface area contributed by atoms with E-state index in [9.17, 15) is 9.90 Å². The second kappa shape index (κ2) is 9.74. The SMILES string of the molecule is COc1cccc(Nc2cc(NCC(C)(C)O)c3ncc(-c4ccc(C(=O)NC5CC5)c(C)c4)n3n2)c1. The van der Waals surface area contributed by atoms with Crippen LogP contribution >= 0.6 is 0 Å². The summed E-state index contributed by atoms with van der Waals surface area (Å²) in [6.45, 7) is 5.76. The Morgan fingerprint density at radius 3 is 2.70 bits per heavy atom. The highest BCUT2D eigenvalue weighted by atomic mass is 16.5. The number of rotatable bonds is 9. The second-order valence-electron chi connectivity index (χ2n) is 10.1. The molecule has 5 rings (SSSR count). The van der Waals surface area contributed by atoms with Gasteiger partial charge < -0.3 is 25.8 Å². The summed E-state index contributed by atoms with van der Waals surface area (Å²) >= 11 is 0. The smallest absolute Gasteiger partial charge is 0.251 e. The molecule has 9 heteroatoms. The second-order valence-corrected chi connectivity index (χ2v) is 10.1. The fourth-order valence-electron chi connectivity index (χ4n) is 4.09. The number of ether oxygens (including phenoxy) is 1. The molecule has 9 nitrogen and oxygen atoms in total. The van der Waals surface area contributed by atoms with Gasteiger partial charge in [0.05, 0.1) is 30.3 Å². The molecule has 0 atom stereocenters. The third kappa shape index (κ3) is 5.67. The molecule has 0 spiro atoms. The highest BCUT2D eigenvalue weighted by Gasteiger charge is 2.24. The molecule has 2 heterocycles. The number of nitrogens with one attached hydrogen (secondary N) is 3. The number of nitrogens with zero attached hydrogens (tertiary/aromatic N) is 3. The molecule has 192 valence electrons. The Bertz CT molecular complexity index is 1450. The first kappa shape index (κ1) is 24.6. The van der Waals surface area contributed by atoms with Gasteiger partial charge in [-0.2, -0.15) is 0 Å². The lowest BCUT2D eigenvalue weighted by Gasteiger charge is -2.19. The molecule has 2 aromatic carbocycles. The van der Waals surface area contributed by atoms with Crippen LogP contribution in [0.4, 0.5) is 17.2 Å². The minimum Gasteiger partial charge on any atom is -0.497 e. The molecule has 4 N–H and O–H groups in total. The normalized spacial score (nSPS) is 13.4. The number of fused-ring (bicyclic) bond motifs is 1. The average molecular weight is 501 g/mol. The largest absolute Gasteiger partial charge is 0.497 e. The van der Waals surface area contributed by atoms with Crippen molar-refractivity contribution >= 4 is 28.7 Å². The first-order valence-electron chi connectivity index (χ1n) is 12.4. The van der Waals surface area contributed by atoms with Crippen molar-refractivity contribution in [2.75, 3.05) is 24.3 Å². The van der Waals surface area contributed by atoms with Crippen LogP contribution in [0, 0.1) is 6.92 Å². The van der Waals surface area contributed by atoms with Crippen molar-refractivity contribution in [2.24, 2.45) is 0 Å². The van der Waals surface area contributed by atoms with E-state index in [-0.39, 0.29) is 5.91 Å². The van der Waals surface area contributed by atoms with Crippen molar-refractivity contribution in [3.05, 3.63) is 65.9 Å². The van der Waals surface area contributed by atoms with Gasteiger partial charge in [-0.15, -0.1) is 5.10 Å². The zero-order valence-electron chi connectivity index (χ0n) is 21.5. The number of anilines is 3. The maximum absolute atomic E-state index is 12.6. The van der Waals surface area contributed by atoms with Crippen molar-refractivity contribution in [2.45, 2.75) is 45.3 Å². The van der Waals surface area contributed by atoms with Gasteiger partial charge in [0.15, 0.2) is 11.5 Å². The Morgan fingerprint density at radius 1 is 1.19 bits per heavy atom. The molecule has 1 fully saturated rings. The summed E-state index contributed by atoms with van der Waals surface area (Å²) in [7, 11) is 1.63. The topological polar surface area (TPSA) is 113 Å². The van der Waals surface area contributed by atoms with Crippen molar-refractivity contribution in [3.63, 3.8) is 0 Å². The summed E-state index contributed by atoms with van der Waals surface area (Å²) in [6, 6.07) is 15.5. The standard InChI is InChI=1S/C28H32N6O3/c1-17-12-18(8-11-22(17)27(35)32-19-9-10-19)24-15-29-26-23(30-16-28(2,3)36)14-25(33-34(24)26)31-20-6-5-7-21(13-20)37-4/h5-8,11-15,19,30,36H,9-10,16H2,1-4H3,(H,31,33)(H,32,35). The van der Waals surface area contributed by atoms with Crippen LogP contribution in [0.3, 0.4) is 0 Å². The van der Waals surface area contributed by atoms with E-state index in [0.29, 0.717) is 29.6 Å². The molecule has 0 unspecified atom stereocenters. The van der Waals surface area contributed by atoms with Crippen molar-refractivity contribution in [1.82, 2.24) is 19.9 Å². The number of aliphatic hydroxyl groups is 1. The van der Waals surface area contributed by atoms with Crippen LogP contribution in [-0.4, -0.2) is 50.9 Å². The molecule has 1 amide bonds. The van der Waals surface area contributed by atoms with Crippen molar-refractivity contribution in [3.8, 4) is 17.0 Å². The van der Waals surface area contributed by atoms with Gasteiger partial charge in [-0.3, -0.25) is 4.79 Å². The molecular weight excluding hydrogens is 468 g/mol. The number of aromatic nitrogens is 3. The monoisotopic (exact) mass is 500 g/mol. The molecule has 0 saturated heterocycles. The molecule has 1 saturated carbocycles. The lowest BCUT2D eigenvalue weighted by molar-refractivity contribution is 0.0940. The Labute approximate surface area is 215 Å². The highest BCUT2D eigenvalue weighted by molar-refractivity contribution is 5.96. The summed E-state index contributed by atoms with van der Waals surface area (Å²) in [5, 5.41) is 24.8. The van der Waals surface area contributed by atoms with E-state index < -0.39 is 5.60 Å². The minimum atomic E-state index is -0.913. The van der Waals surface area contributed by atoms with Crippen LogP contribution < -0.4 is 20.7 Å². The number of methoxy groups -OCH3 is 1. The zero-order chi connectivity index (χ0) is 26.2. The molecule has 4 aromatic rings. The maximum atomic E-state index is 12.6. The zero-order valence-corrected chi connectivity index (χ0v) is 21.5. The van der Waals surface area contributed by atoms with Crippen LogP contribution in [0.1, 0.15) is 42.6 Å². The number of aryl methyl sites for hydroxylation is 1. The quantitative estimate of drug-likeness (QED) is 0.267. The molecule has 0 bridgehead atoms. The Balaban J connectivity index is 1.53. The lowest BCUT2D eigenvalue weighted by atomic mass is 10.0. The van der Waals surface area contributed by atoms with Crippen LogP contribution in [0.25, 0.3) is 16.9 Å². The highest BCUT2D eigenvalue weighted by Crippen LogP contribution is 2.29. The van der Waals surface area contributed by atoms with Crippen LogP contribution in [0.15, 0.2) is 54.7 Å². The van der Waals surface area contributed by atoms with E-state index >= 15 is 0 Å². The molecule has 0 aliphatic heterocycles. The van der Waals surface area contributed by atoms with Gasteiger partial charge in [-0.05, 0) is 63.4 Å². The first-order chi connectivity index (χ1) is 17.7. The third-order valence-corrected chi connectivity index (χ3v) is 6.20. The Hall–Kier alpha value is -4.11. The summed E-state index contributed by atoms with van der Waals surface area (Å²) in [5.41, 5.74) is 4.50. The third-order valence-electron chi connectivity index (χ3n) is 6.20. The van der Waals surface area contributed by atoms with Crippen LogP contribution in [-0.2, 0) is 0 Å². The van der Waals surface area contributed by atoms with Crippen LogP contribution in [0.2, 0.25) is 0 Å². The average Bonchev–Trinajstić information content (AvgIpc) is 3.57. The van der Waals surface area contributed by atoms with E-state index in [0.717, 1.165) is 46.8 Å². The fourth-order valence-corrected chi connectivity index (χ4v) is 4.09. The summed E-state index contributed by atoms with van der Waals surface area (Å²) in [6.07, 6.45) is 3.87. The summed E-state index contributed by atoms with van der Waals surface area (Å²) in [4.78, 5) is 17.2. The Morgan fingerprint density at radius 2 is 2.00 bits per heavy atom. The Kier molecular flexibility index (Phi) is 6.47. The van der Waals surface area contributed by atoms with Crippen molar-refractivity contribution < 1.29 is 14.6 Å². The molecule has 37 heavy (non-hydrogen) atoms. The number of imidazole rings is 1. The summed E-state index contributed by atoms with van der Waals surface area (Å²) in [5.74, 6) is 1.29. The number of carbonyl (C=O) groups is 1. The van der Waals surface area contributed by atoms with Crippen LogP contribution in [0.5, 0.6) is 5.75 Å². The molecular formula is C28H32N6O3. The minimum absolute atomic E-state index is 0.0364. The lowest BCUT2D eigenvalue weighted by Crippen LogP contribution is -2.29. The molecule has 0 radical (unpaired) electrons. The van der Waals surface area contributed by atoms with Gasteiger partial charge in [0, 0.05) is 41.5 Å². The van der Waals surface area contributed by atoms with E-state index in [2.05, 4.69) is 20.9 Å². The van der Waals surface area contributed by atoms with Gasteiger partial charge in [0.2, 0.25) is 0 Å². The molecule has 2 aromatic heterocycles. The van der Waals surface area contributed by atoms with Crippen molar-refractivity contribution in [1.29, 1.82) is 0 Å². The number of carbonyl (C=O) groups excluding carboxylic acids is 1. The molecule has 1 aliphatic rings. The number of benzene rings is 2. The predicted molar refractivity (Wildman–Crippen MR) is 145 cm³/mol. The number of hydrogen-bond donors (Lipinski definition) is 4. The number of hydrogen-bond acceptors (Lipinski definition) is 7. The van der Waals surface area contributed by atoms with E-state index in [1.165, 1.54) is 0 Å². The first-order valence-corrected chi connectivity index (χ1v) is 12.4. The number of amides is 1. The van der Waals surface area contributed by atoms with Gasteiger partial charge in [0.1, 0.15) is 5.75 Å². The van der Waals surface area contributed by atoms with Gasteiger partial charge >= 0.3 is 0 Å². The van der Waals surface area contributed by atoms with Gasteiger partial charge in [-0.1, -0.05) is 12.1 Å². The maximum Gasteiger partial charge on any atom is 0.251 e. The van der Waals surface area contributed by atoms with Gasteiger partial charge in [0.25, 0.3) is 5.91 Å².